The molecule has 1 aromatic heterocycles. The van der Waals surface area contributed by atoms with E-state index in [1.165, 1.54) is 5.56 Å². The van der Waals surface area contributed by atoms with Crippen LogP contribution >= 0.6 is 11.6 Å². The Morgan fingerprint density at radius 1 is 1.04 bits per heavy atom. The molecule has 130 valence electrons. The zero-order valence-electron chi connectivity index (χ0n) is 14.2. The average molecular weight is 364 g/mol. The molecule has 0 unspecified atom stereocenters. The highest BCUT2D eigenvalue weighted by molar-refractivity contribution is 6.35. The summed E-state index contributed by atoms with van der Waals surface area (Å²) in [5.74, 6) is 1.58. The summed E-state index contributed by atoms with van der Waals surface area (Å²) in [5, 5.41) is 3.54. The van der Waals surface area contributed by atoms with Crippen molar-refractivity contribution in [2.24, 2.45) is 0 Å². The van der Waals surface area contributed by atoms with Crippen LogP contribution in [0.4, 0.5) is 5.82 Å². The molecule has 1 N–H and O–H groups in total. The predicted molar refractivity (Wildman–Crippen MR) is 104 cm³/mol. The van der Waals surface area contributed by atoms with Crippen LogP contribution in [-0.2, 0) is 6.54 Å². The molecule has 0 radical (unpaired) electrons. The Kier molecular flexibility index (Phi) is 4.67. The van der Waals surface area contributed by atoms with Gasteiger partial charge >= 0.3 is 0 Å². The number of carbonyl (C=O) groups is 1. The molecule has 0 amide bonds. The van der Waals surface area contributed by atoms with Gasteiger partial charge in [-0.1, -0.05) is 60.1 Å². The summed E-state index contributed by atoms with van der Waals surface area (Å²) in [5.41, 5.74) is 3.70. The lowest BCUT2D eigenvalue weighted by atomic mass is 10.0. The van der Waals surface area contributed by atoms with E-state index in [9.17, 15) is 4.79 Å². The second-order valence-electron chi connectivity index (χ2n) is 6.44. The van der Waals surface area contributed by atoms with E-state index in [1.54, 1.807) is 0 Å². The molecule has 0 spiro atoms. The minimum atomic E-state index is 0.254. The fourth-order valence-corrected chi connectivity index (χ4v) is 3.07. The van der Waals surface area contributed by atoms with E-state index in [2.05, 4.69) is 45.6 Å². The van der Waals surface area contributed by atoms with E-state index in [0.717, 1.165) is 24.0 Å². The second-order valence-corrected chi connectivity index (χ2v) is 6.82. The highest BCUT2D eigenvalue weighted by Crippen LogP contribution is 2.39. The summed E-state index contributed by atoms with van der Waals surface area (Å²) in [4.78, 5) is 20.0. The van der Waals surface area contributed by atoms with Crippen LogP contribution in [0.2, 0.25) is 5.02 Å². The topological polar surface area (TPSA) is 54.9 Å². The third-order valence-corrected chi connectivity index (χ3v) is 4.81. The molecule has 2 aromatic carbocycles. The number of benzene rings is 2. The van der Waals surface area contributed by atoms with Gasteiger partial charge in [-0.3, -0.25) is 4.79 Å². The lowest BCUT2D eigenvalue weighted by Crippen LogP contribution is -2.07. The normalized spacial score (nSPS) is 13.4. The first-order valence-electron chi connectivity index (χ1n) is 8.65. The highest BCUT2D eigenvalue weighted by atomic mass is 35.5. The van der Waals surface area contributed by atoms with Crippen LogP contribution < -0.4 is 5.32 Å². The molecule has 0 saturated heterocycles. The van der Waals surface area contributed by atoms with Crippen molar-refractivity contribution in [3.05, 3.63) is 76.7 Å². The van der Waals surface area contributed by atoms with Crippen LogP contribution in [0.3, 0.4) is 0 Å². The molecule has 1 aliphatic rings. The maximum atomic E-state index is 11.2. The van der Waals surface area contributed by atoms with Crippen molar-refractivity contribution in [2.45, 2.75) is 25.3 Å². The molecule has 0 aliphatic heterocycles. The van der Waals surface area contributed by atoms with Crippen molar-refractivity contribution in [1.82, 2.24) is 9.97 Å². The van der Waals surface area contributed by atoms with Crippen LogP contribution in [0.25, 0.3) is 11.1 Å². The minimum Gasteiger partial charge on any atom is -0.365 e. The van der Waals surface area contributed by atoms with Crippen LogP contribution in [0.1, 0.15) is 40.6 Å². The van der Waals surface area contributed by atoms with Gasteiger partial charge in [0.25, 0.3) is 0 Å². The van der Waals surface area contributed by atoms with Gasteiger partial charge in [0.05, 0.1) is 0 Å². The number of nitrogens with one attached hydrogen (secondary N) is 1. The van der Waals surface area contributed by atoms with E-state index in [1.807, 2.05) is 24.3 Å². The third kappa shape index (κ3) is 3.60. The molecule has 0 atom stereocenters. The minimum absolute atomic E-state index is 0.254. The van der Waals surface area contributed by atoms with E-state index in [-0.39, 0.29) is 10.7 Å². The molecule has 1 saturated carbocycles. The standard InChI is InChI=1S/C21H18ClN3O/c22-19-18(13-26)24-20(16-9-10-16)25-21(19)23-12-14-5-4-8-17(11-14)15-6-2-1-3-7-15/h1-8,11,13,16H,9-10,12H2,(H,23,24,25). The number of aldehydes is 1. The predicted octanol–water partition coefficient (Wildman–Crippen LogP) is 5.10. The van der Waals surface area contributed by atoms with Crippen molar-refractivity contribution in [3.8, 4) is 11.1 Å². The highest BCUT2D eigenvalue weighted by Gasteiger charge is 2.28. The molecule has 0 bridgehead atoms. The van der Waals surface area contributed by atoms with Gasteiger partial charge in [0.15, 0.2) is 6.29 Å². The summed E-state index contributed by atoms with van der Waals surface area (Å²) in [6, 6.07) is 18.6. The first-order chi connectivity index (χ1) is 12.7. The van der Waals surface area contributed by atoms with Crippen molar-refractivity contribution >= 4 is 23.7 Å². The Bertz CT molecular complexity index is 939. The maximum Gasteiger partial charge on any atom is 0.170 e. The lowest BCUT2D eigenvalue weighted by Gasteiger charge is -2.11. The molecule has 1 heterocycles. The zero-order chi connectivity index (χ0) is 17.9. The Balaban J connectivity index is 1.56. The Morgan fingerprint density at radius 3 is 2.54 bits per heavy atom. The summed E-state index contributed by atoms with van der Waals surface area (Å²) in [6.07, 6.45) is 2.83. The molecule has 26 heavy (non-hydrogen) atoms. The van der Waals surface area contributed by atoms with Crippen LogP contribution in [0.15, 0.2) is 54.6 Å². The number of hydrogen-bond donors (Lipinski definition) is 1. The van der Waals surface area contributed by atoms with Gasteiger partial charge < -0.3 is 5.32 Å². The second kappa shape index (κ2) is 7.26. The number of carbonyl (C=O) groups excluding carboxylic acids is 1. The van der Waals surface area contributed by atoms with E-state index >= 15 is 0 Å². The monoisotopic (exact) mass is 363 g/mol. The smallest absolute Gasteiger partial charge is 0.170 e. The molecule has 4 nitrogen and oxygen atoms in total. The van der Waals surface area contributed by atoms with Crippen LogP contribution in [-0.4, -0.2) is 16.3 Å². The lowest BCUT2D eigenvalue weighted by molar-refractivity contribution is 0.111. The van der Waals surface area contributed by atoms with E-state index in [4.69, 9.17) is 11.6 Å². The Labute approximate surface area is 157 Å². The van der Waals surface area contributed by atoms with Crippen molar-refractivity contribution < 1.29 is 4.79 Å². The van der Waals surface area contributed by atoms with Gasteiger partial charge in [-0.25, -0.2) is 9.97 Å². The number of hydrogen-bond acceptors (Lipinski definition) is 4. The fraction of sp³-hybridized carbons (Fsp3) is 0.190. The fourth-order valence-electron chi connectivity index (χ4n) is 2.88. The molecule has 1 aliphatic carbocycles. The molecule has 4 rings (SSSR count). The van der Waals surface area contributed by atoms with Crippen LogP contribution in [0, 0.1) is 0 Å². The Hall–Kier alpha value is -2.72. The summed E-state index contributed by atoms with van der Waals surface area (Å²) < 4.78 is 0. The SMILES string of the molecule is O=Cc1nc(C2CC2)nc(NCc2cccc(-c3ccccc3)c2)c1Cl. The van der Waals surface area contributed by atoms with E-state index in [0.29, 0.717) is 30.4 Å². The number of rotatable bonds is 6. The molecule has 5 heteroatoms. The number of aromatic nitrogens is 2. The molecule has 1 fully saturated rings. The first-order valence-corrected chi connectivity index (χ1v) is 9.03. The average Bonchev–Trinajstić information content (AvgIpc) is 3.53. The first kappa shape index (κ1) is 16.7. The van der Waals surface area contributed by atoms with Gasteiger partial charge in [-0.05, 0) is 35.6 Å². The van der Waals surface area contributed by atoms with Gasteiger partial charge in [0.2, 0.25) is 0 Å². The number of halogens is 1. The maximum absolute atomic E-state index is 11.2. The molecular formula is C21H18ClN3O. The molecular weight excluding hydrogens is 346 g/mol. The van der Waals surface area contributed by atoms with Crippen LogP contribution in [0.5, 0.6) is 0 Å². The largest absolute Gasteiger partial charge is 0.365 e. The van der Waals surface area contributed by atoms with Gasteiger partial charge in [-0.2, -0.15) is 0 Å². The number of nitrogens with zero attached hydrogens (tertiary/aromatic N) is 2. The third-order valence-electron chi connectivity index (χ3n) is 4.44. The van der Waals surface area contributed by atoms with E-state index < -0.39 is 0 Å². The Morgan fingerprint density at radius 2 is 1.81 bits per heavy atom. The molecule has 3 aromatic rings. The van der Waals surface area contributed by atoms with Gasteiger partial charge in [-0.15, -0.1) is 0 Å². The zero-order valence-corrected chi connectivity index (χ0v) is 14.9. The summed E-state index contributed by atoms with van der Waals surface area (Å²) in [6.45, 7) is 0.569. The van der Waals surface area contributed by atoms with Crippen molar-refractivity contribution in [1.29, 1.82) is 0 Å². The summed E-state index contributed by atoms with van der Waals surface area (Å²) >= 11 is 6.28. The summed E-state index contributed by atoms with van der Waals surface area (Å²) in [7, 11) is 0. The van der Waals surface area contributed by atoms with Crippen molar-refractivity contribution in [3.63, 3.8) is 0 Å². The quantitative estimate of drug-likeness (QED) is 0.619. The number of anilines is 1. The van der Waals surface area contributed by atoms with Gasteiger partial charge in [0.1, 0.15) is 22.4 Å². The van der Waals surface area contributed by atoms with Gasteiger partial charge in [0, 0.05) is 12.5 Å². The van der Waals surface area contributed by atoms with Crippen molar-refractivity contribution in [2.75, 3.05) is 5.32 Å².